The van der Waals surface area contributed by atoms with E-state index >= 15 is 0 Å². The predicted molar refractivity (Wildman–Crippen MR) is 119 cm³/mol. The fourth-order valence-corrected chi connectivity index (χ4v) is 3.86. The Morgan fingerprint density at radius 2 is 1.73 bits per heavy atom. The van der Waals surface area contributed by atoms with Crippen molar-refractivity contribution in [3.05, 3.63) is 93.5 Å². The highest BCUT2D eigenvalue weighted by Crippen LogP contribution is 2.25. The van der Waals surface area contributed by atoms with Gasteiger partial charge in [-0.05, 0) is 38.1 Å². The maximum absolute atomic E-state index is 12.9. The zero-order valence-corrected chi connectivity index (χ0v) is 17.9. The van der Waals surface area contributed by atoms with Gasteiger partial charge in [-0.2, -0.15) is 10.2 Å². The fraction of sp³-hybridized carbons (Fsp3) is 0.136. The van der Waals surface area contributed by atoms with Crippen LogP contribution in [-0.4, -0.2) is 25.5 Å². The number of rotatable bonds is 5. The van der Waals surface area contributed by atoms with Crippen molar-refractivity contribution in [3.63, 3.8) is 0 Å². The number of halogens is 2. The first-order chi connectivity index (χ1) is 14.4. The Morgan fingerprint density at radius 1 is 1.03 bits per heavy atom. The summed E-state index contributed by atoms with van der Waals surface area (Å²) in [7, 11) is 0. The molecule has 8 heteroatoms. The summed E-state index contributed by atoms with van der Waals surface area (Å²) in [6, 6.07) is 15.1. The molecule has 0 radical (unpaired) electrons. The van der Waals surface area contributed by atoms with Crippen LogP contribution in [0.15, 0.2) is 60.9 Å². The van der Waals surface area contributed by atoms with Crippen molar-refractivity contribution >= 4 is 34.8 Å². The van der Waals surface area contributed by atoms with Gasteiger partial charge >= 0.3 is 0 Å². The van der Waals surface area contributed by atoms with Crippen molar-refractivity contribution in [1.82, 2.24) is 19.6 Å². The van der Waals surface area contributed by atoms with Gasteiger partial charge < -0.3 is 5.32 Å². The van der Waals surface area contributed by atoms with E-state index in [-0.39, 0.29) is 5.91 Å². The lowest BCUT2D eigenvalue weighted by Gasteiger charge is -2.07. The molecule has 0 aliphatic rings. The molecular formula is C22H19Cl2N5O. The number of aryl methyl sites for hydroxylation is 1. The summed E-state index contributed by atoms with van der Waals surface area (Å²) in [5.41, 5.74) is 4.23. The van der Waals surface area contributed by atoms with Gasteiger partial charge in [0, 0.05) is 21.8 Å². The molecule has 2 heterocycles. The van der Waals surface area contributed by atoms with Crippen LogP contribution >= 0.6 is 23.2 Å². The summed E-state index contributed by atoms with van der Waals surface area (Å²) < 4.78 is 3.45. The van der Waals surface area contributed by atoms with Crippen molar-refractivity contribution in [2.75, 3.05) is 5.32 Å². The zero-order chi connectivity index (χ0) is 21.3. The van der Waals surface area contributed by atoms with Gasteiger partial charge in [-0.3, -0.25) is 9.48 Å². The number of benzene rings is 2. The second kappa shape index (κ2) is 8.34. The summed E-state index contributed by atoms with van der Waals surface area (Å²) in [5, 5.41) is 12.9. The first-order valence-electron chi connectivity index (χ1n) is 9.32. The molecule has 4 aromatic rings. The van der Waals surface area contributed by atoms with Gasteiger partial charge in [0.1, 0.15) is 0 Å². The smallest absolute Gasteiger partial charge is 0.259 e. The summed E-state index contributed by atoms with van der Waals surface area (Å²) >= 11 is 12.5. The quantitative estimate of drug-likeness (QED) is 0.459. The van der Waals surface area contributed by atoms with E-state index in [1.165, 1.54) is 0 Å². The normalized spacial score (nSPS) is 10.9. The molecule has 1 amide bonds. The van der Waals surface area contributed by atoms with Gasteiger partial charge in [-0.1, -0.05) is 47.5 Å². The van der Waals surface area contributed by atoms with Crippen LogP contribution < -0.4 is 5.32 Å². The number of hydrogen-bond acceptors (Lipinski definition) is 3. The molecule has 0 spiro atoms. The van der Waals surface area contributed by atoms with Gasteiger partial charge in [0.15, 0.2) is 0 Å². The van der Waals surface area contributed by atoms with Crippen LogP contribution in [0.3, 0.4) is 0 Å². The molecule has 2 aromatic carbocycles. The number of amides is 1. The van der Waals surface area contributed by atoms with E-state index in [2.05, 4.69) is 15.5 Å². The Kier molecular flexibility index (Phi) is 5.61. The number of nitrogens with one attached hydrogen (secondary N) is 1. The lowest BCUT2D eigenvalue weighted by Crippen LogP contribution is -2.14. The molecule has 6 nitrogen and oxygen atoms in total. The van der Waals surface area contributed by atoms with Crippen LogP contribution in [0.4, 0.5) is 5.69 Å². The van der Waals surface area contributed by atoms with Gasteiger partial charge in [-0.25, -0.2) is 4.68 Å². The Bertz CT molecular complexity index is 1190. The highest BCUT2D eigenvalue weighted by atomic mass is 35.5. The summed E-state index contributed by atoms with van der Waals surface area (Å²) in [6.45, 7) is 4.10. The van der Waals surface area contributed by atoms with E-state index in [1.807, 2.05) is 44.2 Å². The molecule has 1 N–H and O–H groups in total. The van der Waals surface area contributed by atoms with Crippen molar-refractivity contribution in [3.8, 4) is 5.69 Å². The molecule has 0 aliphatic heterocycles. The molecule has 4 rings (SSSR count). The summed E-state index contributed by atoms with van der Waals surface area (Å²) in [5.74, 6) is -0.234. The zero-order valence-electron chi connectivity index (χ0n) is 16.4. The highest BCUT2D eigenvalue weighted by molar-refractivity contribution is 6.35. The van der Waals surface area contributed by atoms with E-state index in [1.54, 1.807) is 40.0 Å². The molecule has 0 saturated heterocycles. The molecule has 0 fully saturated rings. The predicted octanol–water partition coefficient (Wildman–Crippen LogP) is 5.29. The van der Waals surface area contributed by atoms with Gasteiger partial charge in [0.25, 0.3) is 5.91 Å². The highest BCUT2D eigenvalue weighted by Gasteiger charge is 2.20. The van der Waals surface area contributed by atoms with Crippen LogP contribution in [0.5, 0.6) is 0 Å². The van der Waals surface area contributed by atoms with E-state index in [9.17, 15) is 4.79 Å². The molecular weight excluding hydrogens is 421 g/mol. The largest absolute Gasteiger partial charge is 0.319 e. The summed E-state index contributed by atoms with van der Waals surface area (Å²) in [4.78, 5) is 12.9. The molecule has 0 atom stereocenters. The number of carbonyl (C=O) groups is 1. The van der Waals surface area contributed by atoms with E-state index in [0.29, 0.717) is 33.5 Å². The number of anilines is 1. The van der Waals surface area contributed by atoms with Gasteiger partial charge in [0.2, 0.25) is 0 Å². The van der Waals surface area contributed by atoms with Crippen molar-refractivity contribution < 1.29 is 4.79 Å². The molecule has 30 heavy (non-hydrogen) atoms. The van der Waals surface area contributed by atoms with E-state index in [4.69, 9.17) is 23.2 Å². The Hall–Kier alpha value is -3.09. The third kappa shape index (κ3) is 3.97. The number of hydrogen-bond donors (Lipinski definition) is 1. The van der Waals surface area contributed by atoms with Gasteiger partial charge in [0.05, 0.1) is 41.1 Å². The lowest BCUT2D eigenvalue weighted by molar-refractivity contribution is 0.102. The third-order valence-corrected chi connectivity index (χ3v) is 5.50. The first-order valence-corrected chi connectivity index (χ1v) is 10.1. The number of carbonyl (C=O) groups excluding carboxylic acids is 1. The number of nitrogens with zero attached hydrogens (tertiary/aromatic N) is 4. The Morgan fingerprint density at radius 3 is 2.43 bits per heavy atom. The molecule has 0 unspecified atom stereocenters. The lowest BCUT2D eigenvalue weighted by atomic mass is 10.2. The third-order valence-electron chi connectivity index (χ3n) is 4.79. The van der Waals surface area contributed by atoms with Crippen LogP contribution in [0.1, 0.15) is 27.3 Å². The summed E-state index contributed by atoms with van der Waals surface area (Å²) in [6.07, 6.45) is 3.33. The SMILES string of the molecule is Cc1nn(-c2ccccc2)c(C)c1C(=O)Nc1cnn(Cc2c(Cl)cccc2Cl)c1. The van der Waals surface area contributed by atoms with Crippen LogP contribution in [0.25, 0.3) is 5.69 Å². The van der Waals surface area contributed by atoms with Crippen molar-refractivity contribution in [2.45, 2.75) is 20.4 Å². The molecule has 0 bridgehead atoms. The number of aromatic nitrogens is 4. The molecule has 152 valence electrons. The van der Waals surface area contributed by atoms with Crippen molar-refractivity contribution in [1.29, 1.82) is 0 Å². The van der Waals surface area contributed by atoms with Gasteiger partial charge in [-0.15, -0.1) is 0 Å². The Labute approximate surface area is 184 Å². The minimum absolute atomic E-state index is 0.234. The minimum atomic E-state index is -0.234. The topological polar surface area (TPSA) is 64.7 Å². The van der Waals surface area contributed by atoms with Crippen LogP contribution in [0, 0.1) is 13.8 Å². The van der Waals surface area contributed by atoms with E-state index in [0.717, 1.165) is 16.9 Å². The first kappa shape index (κ1) is 20.2. The van der Waals surface area contributed by atoms with Crippen LogP contribution in [-0.2, 0) is 6.54 Å². The van der Waals surface area contributed by atoms with Crippen LogP contribution in [0.2, 0.25) is 10.0 Å². The average Bonchev–Trinajstić information content (AvgIpc) is 3.28. The monoisotopic (exact) mass is 439 g/mol. The van der Waals surface area contributed by atoms with E-state index < -0.39 is 0 Å². The standard InChI is InChI=1S/C22H19Cl2N5O/c1-14-21(15(2)29(27-14)17-7-4-3-5-8-17)22(30)26-16-11-25-28(12-16)13-18-19(23)9-6-10-20(18)24/h3-12H,13H2,1-2H3,(H,26,30). The molecule has 0 saturated carbocycles. The number of para-hydroxylation sites is 1. The maximum atomic E-state index is 12.9. The fourth-order valence-electron chi connectivity index (χ4n) is 3.35. The van der Waals surface area contributed by atoms with Crippen molar-refractivity contribution in [2.24, 2.45) is 0 Å². The second-order valence-corrected chi connectivity index (χ2v) is 7.69. The maximum Gasteiger partial charge on any atom is 0.259 e. The average molecular weight is 440 g/mol. The second-order valence-electron chi connectivity index (χ2n) is 6.87. The Balaban J connectivity index is 1.54. The molecule has 0 aliphatic carbocycles. The minimum Gasteiger partial charge on any atom is -0.319 e. The molecule has 2 aromatic heterocycles.